The molecule has 4 rings (SSSR count). The normalized spacial score (nSPS) is 16.3. The summed E-state index contributed by atoms with van der Waals surface area (Å²) in [4.78, 5) is 12.2. The Labute approximate surface area is 139 Å². The second-order valence-electron chi connectivity index (χ2n) is 6.15. The van der Waals surface area contributed by atoms with Crippen LogP contribution in [-0.2, 0) is 11.3 Å². The second-order valence-corrected chi connectivity index (χ2v) is 6.15. The van der Waals surface area contributed by atoms with Crippen LogP contribution in [0.4, 0.5) is 0 Å². The highest BCUT2D eigenvalue weighted by Gasteiger charge is 2.24. The SMILES string of the molecule is Cc1noc(C)c1-c1ccc(=O)n(Cc2ccc(C3CO3)cc2)c1. The van der Waals surface area contributed by atoms with Crippen LogP contribution in [0, 0.1) is 13.8 Å². The maximum Gasteiger partial charge on any atom is 0.250 e. The van der Waals surface area contributed by atoms with Gasteiger partial charge >= 0.3 is 0 Å². The Bertz CT molecular complexity index is 914. The first-order valence-corrected chi connectivity index (χ1v) is 7.96. The van der Waals surface area contributed by atoms with Gasteiger partial charge in [0, 0.05) is 23.4 Å². The summed E-state index contributed by atoms with van der Waals surface area (Å²) in [7, 11) is 0. The third-order valence-electron chi connectivity index (χ3n) is 4.34. The molecule has 1 aliphatic rings. The van der Waals surface area contributed by atoms with Gasteiger partial charge in [-0.25, -0.2) is 0 Å². The second kappa shape index (κ2) is 5.76. The van der Waals surface area contributed by atoms with E-state index in [9.17, 15) is 4.79 Å². The highest BCUT2D eigenvalue weighted by molar-refractivity contribution is 5.66. The average Bonchev–Trinajstić information content (AvgIpc) is 3.37. The summed E-state index contributed by atoms with van der Waals surface area (Å²) >= 11 is 0. The molecule has 0 aliphatic carbocycles. The van der Waals surface area contributed by atoms with Gasteiger partial charge in [-0.05, 0) is 31.0 Å². The molecule has 0 radical (unpaired) electrons. The fraction of sp³-hybridized carbons (Fsp3) is 0.263. The van der Waals surface area contributed by atoms with Crippen LogP contribution in [0.1, 0.15) is 28.7 Å². The Hall–Kier alpha value is -2.66. The van der Waals surface area contributed by atoms with Gasteiger partial charge in [0.1, 0.15) is 11.9 Å². The molecule has 3 heterocycles. The number of hydrogen-bond donors (Lipinski definition) is 0. The van der Waals surface area contributed by atoms with E-state index in [-0.39, 0.29) is 11.7 Å². The topological polar surface area (TPSA) is 60.6 Å². The number of ether oxygens (including phenoxy) is 1. The Morgan fingerprint density at radius 2 is 1.92 bits per heavy atom. The number of epoxide rings is 1. The zero-order valence-electron chi connectivity index (χ0n) is 13.7. The molecule has 122 valence electrons. The van der Waals surface area contributed by atoms with Crippen LogP contribution in [0.15, 0.2) is 51.9 Å². The van der Waals surface area contributed by atoms with Gasteiger partial charge in [0.05, 0.1) is 18.8 Å². The lowest BCUT2D eigenvalue weighted by atomic mass is 10.1. The van der Waals surface area contributed by atoms with Crippen molar-refractivity contribution in [3.63, 3.8) is 0 Å². The predicted molar refractivity (Wildman–Crippen MR) is 89.9 cm³/mol. The number of aryl methyl sites for hydroxylation is 2. The van der Waals surface area contributed by atoms with Crippen molar-refractivity contribution in [2.75, 3.05) is 6.61 Å². The van der Waals surface area contributed by atoms with Gasteiger partial charge in [-0.15, -0.1) is 0 Å². The molecular weight excluding hydrogens is 304 g/mol. The van der Waals surface area contributed by atoms with Crippen LogP contribution >= 0.6 is 0 Å². The highest BCUT2D eigenvalue weighted by atomic mass is 16.6. The van der Waals surface area contributed by atoms with Crippen molar-refractivity contribution in [2.24, 2.45) is 0 Å². The molecule has 1 atom stereocenters. The molecule has 24 heavy (non-hydrogen) atoms. The van der Waals surface area contributed by atoms with Gasteiger partial charge < -0.3 is 13.8 Å². The fourth-order valence-electron chi connectivity index (χ4n) is 2.97. The van der Waals surface area contributed by atoms with Gasteiger partial charge in [0.15, 0.2) is 0 Å². The quantitative estimate of drug-likeness (QED) is 0.692. The monoisotopic (exact) mass is 322 g/mol. The molecule has 5 nitrogen and oxygen atoms in total. The van der Waals surface area contributed by atoms with E-state index in [1.54, 1.807) is 10.6 Å². The molecule has 1 aromatic carbocycles. The first-order chi connectivity index (χ1) is 11.6. The van der Waals surface area contributed by atoms with E-state index in [0.717, 1.165) is 34.8 Å². The molecule has 0 saturated carbocycles. The van der Waals surface area contributed by atoms with Crippen molar-refractivity contribution in [1.82, 2.24) is 9.72 Å². The predicted octanol–water partition coefficient (Wildman–Crippen LogP) is 3.24. The van der Waals surface area contributed by atoms with E-state index < -0.39 is 0 Å². The summed E-state index contributed by atoms with van der Waals surface area (Å²) in [6.07, 6.45) is 2.12. The summed E-state index contributed by atoms with van der Waals surface area (Å²) in [6, 6.07) is 11.6. The zero-order chi connectivity index (χ0) is 16.7. The first kappa shape index (κ1) is 14.9. The number of hydrogen-bond acceptors (Lipinski definition) is 4. The zero-order valence-corrected chi connectivity index (χ0v) is 13.7. The molecule has 0 N–H and O–H groups in total. The number of nitrogens with zero attached hydrogens (tertiary/aromatic N) is 2. The maximum atomic E-state index is 12.2. The number of rotatable bonds is 4. The summed E-state index contributed by atoms with van der Waals surface area (Å²) in [6.45, 7) is 5.11. The summed E-state index contributed by atoms with van der Waals surface area (Å²) in [5, 5.41) is 3.99. The van der Waals surface area contributed by atoms with E-state index in [0.29, 0.717) is 6.54 Å². The smallest absolute Gasteiger partial charge is 0.250 e. The van der Waals surface area contributed by atoms with E-state index in [1.165, 1.54) is 5.56 Å². The molecule has 0 amide bonds. The summed E-state index contributed by atoms with van der Waals surface area (Å²) in [5.74, 6) is 0.756. The van der Waals surface area contributed by atoms with Crippen LogP contribution in [-0.4, -0.2) is 16.3 Å². The third kappa shape index (κ3) is 2.78. The summed E-state index contributed by atoms with van der Waals surface area (Å²) < 4.78 is 12.2. The maximum absolute atomic E-state index is 12.2. The number of pyridine rings is 1. The minimum Gasteiger partial charge on any atom is -0.368 e. The van der Waals surface area contributed by atoms with E-state index in [1.807, 2.05) is 38.2 Å². The lowest BCUT2D eigenvalue weighted by Crippen LogP contribution is -2.19. The van der Waals surface area contributed by atoms with Gasteiger partial charge in [0.25, 0.3) is 5.56 Å². The molecule has 0 spiro atoms. The standard InChI is InChI=1S/C19H18N2O3/c1-12-19(13(2)24-20-12)16-7-8-18(22)21(10-16)9-14-3-5-15(6-4-14)17-11-23-17/h3-8,10,17H,9,11H2,1-2H3. The van der Waals surface area contributed by atoms with Gasteiger partial charge in [-0.2, -0.15) is 0 Å². The number of benzene rings is 1. The lowest BCUT2D eigenvalue weighted by Gasteiger charge is -2.09. The van der Waals surface area contributed by atoms with Gasteiger partial charge in [-0.3, -0.25) is 4.79 Å². The molecule has 1 aliphatic heterocycles. The molecule has 0 bridgehead atoms. The number of aromatic nitrogens is 2. The third-order valence-corrected chi connectivity index (χ3v) is 4.34. The highest BCUT2D eigenvalue weighted by Crippen LogP contribution is 2.29. The van der Waals surface area contributed by atoms with Crippen LogP contribution in [0.3, 0.4) is 0 Å². The summed E-state index contributed by atoms with van der Waals surface area (Å²) in [5.41, 5.74) is 4.96. The van der Waals surface area contributed by atoms with E-state index in [4.69, 9.17) is 9.26 Å². The average molecular weight is 322 g/mol. The van der Waals surface area contributed by atoms with E-state index >= 15 is 0 Å². The van der Waals surface area contributed by atoms with Crippen LogP contribution in [0.5, 0.6) is 0 Å². The van der Waals surface area contributed by atoms with Crippen LogP contribution < -0.4 is 5.56 Å². The van der Waals surface area contributed by atoms with Crippen molar-refractivity contribution in [3.05, 3.63) is 75.5 Å². The molecule has 3 aromatic rings. The first-order valence-electron chi connectivity index (χ1n) is 7.96. The molecule has 1 saturated heterocycles. The Morgan fingerprint density at radius 3 is 2.54 bits per heavy atom. The molecule has 2 aromatic heterocycles. The Balaban J connectivity index is 1.65. The van der Waals surface area contributed by atoms with Crippen molar-refractivity contribution >= 4 is 0 Å². The van der Waals surface area contributed by atoms with Crippen molar-refractivity contribution in [2.45, 2.75) is 26.5 Å². The van der Waals surface area contributed by atoms with Crippen molar-refractivity contribution in [1.29, 1.82) is 0 Å². The Kier molecular flexibility index (Phi) is 3.58. The van der Waals surface area contributed by atoms with Gasteiger partial charge in [-0.1, -0.05) is 29.4 Å². The van der Waals surface area contributed by atoms with Gasteiger partial charge in [0.2, 0.25) is 0 Å². The minimum absolute atomic E-state index is 0.0277. The molecule has 5 heteroatoms. The molecular formula is C19H18N2O3. The fourth-order valence-corrected chi connectivity index (χ4v) is 2.97. The molecule has 1 fully saturated rings. The molecule has 1 unspecified atom stereocenters. The largest absolute Gasteiger partial charge is 0.368 e. The van der Waals surface area contributed by atoms with E-state index in [2.05, 4.69) is 17.3 Å². The van der Waals surface area contributed by atoms with Crippen molar-refractivity contribution in [3.8, 4) is 11.1 Å². The minimum atomic E-state index is -0.0277. The van der Waals surface area contributed by atoms with Crippen LogP contribution in [0.25, 0.3) is 11.1 Å². The lowest BCUT2D eigenvalue weighted by molar-refractivity contribution is 0.393. The van der Waals surface area contributed by atoms with Crippen molar-refractivity contribution < 1.29 is 9.26 Å². The Morgan fingerprint density at radius 1 is 1.17 bits per heavy atom. The van der Waals surface area contributed by atoms with Crippen LogP contribution in [0.2, 0.25) is 0 Å².